The summed E-state index contributed by atoms with van der Waals surface area (Å²) in [4.78, 5) is 20.2. The van der Waals surface area contributed by atoms with Crippen LogP contribution >= 0.6 is 23.4 Å². The number of hydrogen-bond acceptors (Lipinski definition) is 7. The summed E-state index contributed by atoms with van der Waals surface area (Å²) in [6, 6.07) is 8.44. The summed E-state index contributed by atoms with van der Waals surface area (Å²) in [6.45, 7) is 1.65. The van der Waals surface area contributed by atoms with Crippen molar-refractivity contribution in [2.24, 2.45) is 0 Å². The molecule has 3 N–H and O–H groups in total. The molecule has 0 bridgehead atoms. The van der Waals surface area contributed by atoms with E-state index in [0.717, 1.165) is 11.8 Å². The molecule has 9 heteroatoms. The fourth-order valence-electron chi connectivity index (χ4n) is 1.70. The summed E-state index contributed by atoms with van der Waals surface area (Å²) in [5, 5.41) is 20.6. The molecule has 0 aromatic carbocycles. The number of amides is 1. The Kier molecular flexibility index (Phi) is 5.59. The van der Waals surface area contributed by atoms with Crippen molar-refractivity contribution >= 4 is 40.8 Å². The van der Waals surface area contributed by atoms with E-state index in [4.69, 9.17) is 22.6 Å². The molecule has 24 heavy (non-hydrogen) atoms. The minimum atomic E-state index is -0.576. The molecule has 0 radical (unpaired) electrons. The molecule has 0 saturated carbocycles. The van der Waals surface area contributed by atoms with Gasteiger partial charge in [0.15, 0.2) is 5.15 Å². The monoisotopic (exact) mass is 358 g/mol. The highest BCUT2D eigenvalue weighted by atomic mass is 35.5. The maximum atomic E-state index is 12.3. The number of nitrogens with zero attached hydrogens (tertiary/aromatic N) is 4. The molecule has 1 amide bonds. The van der Waals surface area contributed by atoms with Gasteiger partial charge in [0.1, 0.15) is 23.0 Å². The quantitative estimate of drug-likeness (QED) is 0.634. The Morgan fingerprint density at radius 1 is 1.42 bits per heavy atom. The van der Waals surface area contributed by atoms with E-state index in [0.29, 0.717) is 5.69 Å². The third-order valence-electron chi connectivity index (χ3n) is 2.93. The van der Waals surface area contributed by atoms with Gasteiger partial charge in [-0.05, 0) is 25.1 Å². The largest absolute Gasteiger partial charge is 0.383 e. The van der Waals surface area contributed by atoms with Gasteiger partial charge in [-0.25, -0.2) is 9.97 Å². The Morgan fingerprint density at radius 2 is 2.12 bits per heavy atom. The van der Waals surface area contributed by atoms with Gasteiger partial charge in [0.25, 0.3) is 0 Å². The van der Waals surface area contributed by atoms with Crippen LogP contribution in [0, 0.1) is 22.7 Å². The number of carbonyl (C=O) groups excluding carboxylic acids is 1. The van der Waals surface area contributed by atoms with E-state index in [9.17, 15) is 10.1 Å². The van der Waals surface area contributed by atoms with Crippen molar-refractivity contribution in [3.05, 3.63) is 40.7 Å². The molecular weight excluding hydrogens is 348 g/mol. The molecule has 0 spiro atoms. The normalized spacial score (nSPS) is 11.2. The summed E-state index contributed by atoms with van der Waals surface area (Å²) in [5.41, 5.74) is 6.37. The molecule has 2 aromatic rings. The van der Waals surface area contributed by atoms with Crippen LogP contribution in [0.1, 0.15) is 18.1 Å². The lowest BCUT2D eigenvalue weighted by Crippen LogP contribution is -2.23. The van der Waals surface area contributed by atoms with Crippen molar-refractivity contribution in [3.8, 4) is 12.1 Å². The number of nitrogens with two attached hydrogens (primary N) is 1. The lowest BCUT2D eigenvalue weighted by Gasteiger charge is -2.13. The first-order chi connectivity index (χ1) is 11.5. The van der Waals surface area contributed by atoms with Gasteiger partial charge in [-0.2, -0.15) is 10.5 Å². The number of halogens is 1. The zero-order chi connectivity index (χ0) is 17.7. The molecule has 1 atom stereocenters. The Morgan fingerprint density at radius 3 is 2.75 bits per heavy atom. The van der Waals surface area contributed by atoms with Crippen LogP contribution in [0.25, 0.3) is 0 Å². The molecule has 0 aliphatic heterocycles. The highest BCUT2D eigenvalue weighted by Crippen LogP contribution is 2.28. The number of pyridine rings is 2. The smallest absolute Gasteiger partial charge is 0.237 e. The fraction of sp³-hybridized carbons (Fsp3) is 0.133. The molecule has 7 nitrogen and oxygen atoms in total. The lowest BCUT2D eigenvalue weighted by atomic mass is 10.2. The standard InChI is InChI=1S/C15H11ClN6OS/c1-8(14(23)21-11-3-2-4-20-12(11)16)24-15-10(7-18)5-9(6-17)13(19)22-15/h2-5,8H,1H3,(H2,19,22)(H,21,23)/t8-/m0/s1. The maximum absolute atomic E-state index is 12.3. The number of nitrogens with one attached hydrogen (secondary N) is 1. The number of hydrogen-bond donors (Lipinski definition) is 2. The van der Waals surface area contributed by atoms with Gasteiger partial charge in [0.05, 0.1) is 22.1 Å². The summed E-state index contributed by atoms with van der Waals surface area (Å²) in [5.74, 6) is -0.314. The zero-order valence-corrected chi connectivity index (χ0v) is 14.0. The number of nitrogen functional groups attached to an aromatic ring is 1. The topological polar surface area (TPSA) is 128 Å². The van der Waals surface area contributed by atoms with Gasteiger partial charge in [-0.1, -0.05) is 23.4 Å². The van der Waals surface area contributed by atoms with E-state index in [-0.39, 0.29) is 33.0 Å². The molecule has 0 unspecified atom stereocenters. The van der Waals surface area contributed by atoms with E-state index in [2.05, 4.69) is 15.3 Å². The van der Waals surface area contributed by atoms with E-state index in [1.54, 1.807) is 19.1 Å². The van der Waals surface area contributed by atoms with Crippen LogP contribution in [0.15, 0.2) is 29.4 Å². The van der Waals surface area contributed by atoms with Crippen molar-refractivity contribution < 1.29 is 4.79 Å². The second kappa shape index (κ2) is 7.64. The molecule has 0 saturated heterocycles. The third kappa shape index (κ3) is 3.93. The molecule has 2 aromatic heterocycles. The zero-order valence-electron chi connectivity index (χ0n) is 12.4. The molecular formula is C15H11ClN6OS. The van der Waals surface area contributed by atoms with Crippen LogP contribution in [0.5, 0.6) is 0 Å². The van der Waals surface area contributed by atoms with Crippen LogP contribution in [-0.2, 0) is 4.79 Å². The van der Waals surface area contributed by atoms with Crippen LogP contribution in [0.4, 0.5) is 11.5 Å². The van der Waals surface area contributed by atoms with E-state index in [1.807, 2.05) is 12.1 Å². The molecule has 2 rings (SSSR count). The third-order valence-corrected chi connectivity index (χ3v) is 4.34. The first-order valence-electron chi connectivity index (χ1n) is 6.65. The van der Waals surface area contributed by atoms with Gasteiger partial charge in [-0.15, -0.1) is 0 Å². The number of anilines is 2. The maximum Gasteiger partial charge on any atom is 0.237 e. The Labute approximate surface area is 147 Å². The fourth-order valence-corrected chi connectivity index (χ4v) is 2.75. The van der Waals surface area contributed by atoms with Crippen molar-refractivity contribution in [2.45, 2.75) is 17.2 Å². The molecule has 0 fully saturated rings. The molecule has 0 aliphatic rings. The number of aromatic nitrogens is 2. The molecule has 0 aliphatic carbocycles. The minimum absolute atomic E-state index is 0.0157. The predicted molar refractivity (Wildman–Crippen MR) is 91.3 cm³/mol. The second-order valence-electron chi connectivity index (χ2n) is 4.59. The summed E-state index contributed by atoms with van der Waals surface area (Å²) < 4.78 is 0. The summed E-state index contributed by atoms with van der Waals surface area (Å²) in [6.07, 6.45) is 1.51. The van der Waals surface area contributed by atoms with Gasteiger partial charge in [-0.3, -0.25) is 4.79 Å². The highest BCUT2D eigenvalue weighted by molar-refractivity contribution is 8.00. The predicted octanol–water partition coefficient (Wildman–Crippen LogP) is 2.57. The Balaban J connectivity index is 2.18. The van der Waals surface area contributed by atoms with Crippen molar-refractivity contribution in [1.29, 1.82) is 10.5 Å². The van der Waals surface area contributed by atoms with Crippen LogP contribution in [-0.4, -0.2) is 21.1 Å². The average molecular weight is 359 g/mol. The number of nitriles is 2. The average Bonchev–Trinajstić information content (AvgIpc) is 2.57. The lowest BCUT2D eigenvalue weighted by molar-refractivity contribution is -0.115. The van der Waals surface area contributed by atoms with E-state index >= 15 is 0 Å². The number of thioether (sulfide) groups is 1. The number of carbonyl (C=O) groups is 1. The van der Waals surface area contributed by atoms with Gasteiger partial charge >= 0.3 is 0 Å². The van der Waals surface area contributed by atoms with Crippen LogP contribution in [0.3, 0.4) is 0 Å². The highest BCUT2D eigenvalue weighted by Gasteiger charge is 2.20. The first kappa shape index (κ1) is 17.5. The Hall–Kier alpha value is -2.81. The van der Waals surface area contributed by atoms with Crippen molar-refractivity contribution in [3.63, 3.8) is 0 Å². The summed E-state index contributed by atoms with van der Waals surface area (Å²) >= 11 is 6.96. The second-order valence-corrected chi connectivity index (χ2v) is 6.28. The van der Waals surface area contributed by atoms with Crippen molar-refractivity contribution in [2.75, 3.05) is 11.1 Å². The van der Waals surface area contributed by atoms with Crippen molar-refractivity contribution in [1.82, 2.24) is 9.97 Å². The van der Waals surface area contributed by atoms with Crippen LogP contribution < -0.4 is 11.1 Å². The van der Waals surface area contributed by atoms with Gasteiger partial charge < -0.3 is 11.1 Å². The van der Waals surface area contributed by atoms with Gasteiger partial charge in [0.2, 0.25) is 5.91 Å². The molecule has 120 valence electrons. The Bertz CT molecular complexity index is 873. The van der Waals surface area contributed by atoms with E-state index in [1.165, 1.54) is 12.3 Å². The van der Waals surface area contributed by atoms with Crippen LogP contribution in [0.2, 0.25) is 5.15 Å². The minimum Gasteiger partial charge on any atom is -0.383 e. The first-order valence-corrected chi connectivity index (χ1v) is 7.90. The SMILES string of the molecule is C[C@H](Sc1nc(N)c(C#N)cc1C#N)C(=O)Nc1cccnc1Cl. The molecule has 2 heterocycles. The summed E-state index contributed by atoms with van der Waals surface area (Å²) in [7, 11) is 0. The number of rotatable bonds is 4. The van der Waals surface area contributed by atoms with E-state index < -0.39 is 5.25 Å². The van der Waals surface area contributed by atoms with Gasteiger partial charge in [0, 0.05) is 6.20 Å².